The van der Waals surface area contributed by atoms with Crippen LogP contribution in [0.4, 0.5) is 0 Å². The van der Waals surface area contributed by atoms with Crippen LogP contribution in [-0.4, -0.2) is 11.3 Å². The molecule has 2 aromatic carbocycles. The zero-order chi connectivity index (χ0) is 11.7. The van der Waals surface area contributed by atoms with Gasteiger partial charge in [-0.25, -0.2) is 4.98 Å². The lowest BCUT2D eigenvalue weighted by atomic mass is 10.2. The van der Waals surface area contributed by atoms with Crippen LogP contribution in [0, 0.1) is 0 Å². The zero-order valence-corrected chi connectivity index (χ0v) is 8.96. The average Bonchev–Trinajstić information content (AvgIpc) is 2.83. The molecule has 0 aliphatic heterocycles. The van der Waals surface area contributed by atoms with Crippen LogP contribution >= 0.6 is 0 Å². The third kappa shape index (κ3) is 1.61. The fourth-order valence-corrected chi connectivity index (χ4v) is 1.77. The number of hydrogen-bond donors (Lipinski definition) is 0. The SMILES string of the molecule is O=Cc1cccc2nc(-c3ccccc3)oc12. The van der Waals surface area contributed by atoms with Gasteiger partial charge >= 0.3 is 0 Å². The molecular weight excluding hydrogens is 214 g/mol. The van der Waals surface area contributed by atoms with Crippen molar-refractivity contribution in [3.63, 3.8) is 0 Å². The van der Waals surface area contributed by atoms with Crippen molar-refractivity contribution in [1.29, 1.82) is 0 Å². The lowest BCUT2D eigenvalue weighted by Crippen LogP contribution is -1.78. The Bertz CT molecular complexity index is 671. The van der Waals surface area contributed by atoms with Crippen LogP contribution in [0.5, 0.6) is 0 Å². The summed E-state index contributed by atoms with van der Waals surface area (Å²) in [5.41, 5.74) is 2.67. The Morgan fingerprint density at radius 3 is 2.59 bits per heavy atom. The van der Waals surface area contributed by atoms with Crippen LogP contribution in [0.25, 0.3) is 22.6 Å². The Morgan fingerprint density at radius 2 is 1.82 bits per heavy atom. The molecule has 0 saturated carbocycles. The number of hydrogen-bond acceptors (Lipinski definition) is 3. The highest BCUT2D eigenvalue weighted by Crippen LogP contribution is 2.25. The molecule has 3 rings (SSSR count). The summed E-state index contributed by atoms with van der Waals surface area (Å²) in [7, 11) is 0. The molecule has 0 aliphatic rings. The van der Waals surface area contributed by atoms with Crippen molar-refractivity contribution in [3.05, 3.63) is 54.1 Å². The number of aromatic nitrogens is 1. The number of nitrogens with zero attached hydrogens (tertiary/aromatic N) is 1. The van der Waals surface area contributed by atoms with Gasteiger partial charge in [-0.1, -0.05) is 24.3 Å². The summed E-state index contributed by atoms with van der Waals surface area (Å²) in [4.78, 5) is 15.2. The smallest absolute Gasteiger partial charge is 0.227 e. The molecule has 1 heterocycles. The van der Waals surface area contributed by atoms with Gasteiger partial charge in [-0.3, -0.25) is 4.79 Å². The number of carbonyl (C=O) groups excluding carboxylic acids is 1. The normalized spacial score (nSPS) is 10.6. The standard InChI is InChI=1S/C14H9NO2/c16-9-11-7-4-8-12-13(11)17-14(15-12)10-5-2-1-3-6-10/h1-9H. The molecule has 0 N–H and O–H groups in total. The molecule has 3 nitrogen and oxygen atoms in total. The van der Waals surface area contributed by atoms with Gasteiger partial charge in [-0.05, 0) is 24.3 Å². The molecular formula is C14H9NO2. The molecule has 1 aromatic heterocycles. The first-order valence-corrected chi connectivity index (χ1v) is 5.28. The number of para-hydroxylation sites is 1. The first kappa shape index (κ1) is 9.78. The van der Waals surface area contributed by atoms with Crippen LogP contribution in [0.15, 0.2) is 52.9 Å². The third-order valence-corrected chi connectivity index (χ3v) is 2.59. The molecule has 82 valence electrons. The van der Waals surface area contributed by atoms with E-state index in [4.69, 9.17) is 4.42 Å². The molecule has 0 amide bonds. The van der Waals surface area contributed by atoms with Crippen LogP contribution in [0.3, 0.4) is 0 Å². The van der Waals surface area contributed by atoms with E-state index in [1.54, 1.807) is 12.1 Å². The van der Waals surface area contributed by atoms with Crippen LogP contribution < -0.4 is 0 Å². The van der Waals surface area contributed by atoms with Gasteiger partial charge in [0.15, 0.2) is 11.9 Å². The molecule has 0 bridgehead atoms. The predicted octanol–water partition coefficient (Wildman–Crippen LogP) is 3.31. The van der Waals surface area contributed by atoms with Gasteiger partial charge in [0.1, 0.15) is 5.52 Å². The molecule has 17 heavy (non-hydrogen) atoms. The van der Waals surface area contributed by atoms with Crippen LogP contribution in [0.1, 0.15) is 10.4 Å². The third-order valence-electron chi connectivity index (χ3n) is 2.59. The summed E-state index contributed by atoms with van der Waals surface area (Å²) in [5.74, 6) is 0.537. The second-order valence-electron chi connectivity index (χ2n) is 3.70. The lowest BCUT2D eigenvalue weighted by Gasteiger charge is -1.92. The van der Waals surface area contributed by atoms with Gasteiger partial charge in [0.05, 0.1) is 5.56 Å². The van der Waals surface area contributed by atoms with Crippen molar-refractivity contribution < 1.29 is 9.21 Å². The molecule has 0 spiro atoms. The van der Waals surface area contributed by atoms with Crippen molar-refractivity contribution >= 4 is 17.4 Å². The first-order valence-electron chi connectivity index (χ1n) is 5.28. The van der Waals surface area contributed by atoms with E-state index in [0.717, 1.165) is 11.8 Å². The monoisotopic (exact) mass is 223 g/mol. The van der Waals surface area contributed by atoms with Crippen LogP contribution in [-0.2, 0) is 0 Å². The van der Waals surface area contributed by atoms with Gasteiger partial charge in [-0.2, -0.15) is 0 Å². The summed E-state index contributed by atoms with van der Waals surface area (Å²) >= 11 is 0. The summed E-state index contributed by atoms with van der Waals surface area (Å²) < 4.78 is 5.63. The number of benzene rings is 2. The Labute approximate surface area is 97.7 Å². The van der Waals surface area contributed by atoms with E-state index in [1.807, 2.05) is 36.4 Å². The highest BCUT2D eigenvalue weighted by atomic mass is 16.3. The molecule has 3 aromatic rings. The average molecular weight is 223 g/mol. The van der Waals surface area contributed by atoms with Gasteiger partial charge in [-0.15, -0.1) is 0 Å². The van der Waals surface area contributed by atoms with Gasteiger partial charge in [0.25, 0.3) is 0 Å². The Balaban J connectivity index is 2.24. The minimum Gasteiger partial charge on any atom is -0.435 e. The van der Waals surface area contributed by atoms with Crippen molar-refractivity contribution in [2.45, 2.75) is 0 Å². The minimum atomic E-state index is 0.525. The summed E-state index contributed by atoms with van der Waals surface area (Å²) in [6.07, 6.45) is 0.780. The van der Waals surface area contributed by atoms with Crippen molar-refractivity contribution in [3.8, 4) is 11.5 Å². The fourth-order valence-electron chi connectivity index (χ4n) is 1.77. The maximum absolute atomic E-state index is 10.9. The minimum absolute atomic E-state index is 0.525. The van der Waals surface area contributed by atoms with E-state index >= 15 is 0 Å². The molecule has 0 radical (unpaired) electrons. The Morgan fingerprint density at radius 1 is 1.00 bits per heavy atom. The topological polar surface area (TPSA) is 43.1 Å². The second-order valence-corrected chi connectivity index (χ2v) is 3.70. The fraction of sp³-hybridized carbons (Fsp3) is 0. The highest BCUT2D eigenvalue weighted by molar-refractivity contribution is 5.93. The van der Waals surface area contributed by atoms with E-state index in [-0.39, 0.29) is 0 Å². The Kier molecular flexibility index (Phi) is 2.22. The van der Waals surface area contributed by atoms with E-state index in [1.165, 1.54) is 0 Å². The molecule has 0 unspecified atom stereocenters. The maximum atomic E-state index is 10.9. The molecule has 0 saturated heterocycles. The van der Waals surface area contributed by atoms with Crippen molar-refractivity contribution in [2.75, 3.05) is 0 Å². The van der Waals surface area contributed by atoms with Crippen molar-refractivity contribution in [1.82, 2.24) is 4.98 Å². The van der Waals surface area contributed by atoms with Gasteiger partial charge < -0.3 is 4.42 Å². The number of carbonyl (C=O) groups is 1. The van der Waals surface area contributed by atoms with E-state index in [9.17, 15) is 4.79 Å². The first-order chi connectivity index (χ1) is 8.38. The van der Waals surface area contributed by atoms with E-state index in [0.29, 0.717) is 22.6 Å². The van der Waals surface area contributed by atoms with Crippen molar-refractivity contribution in [2.24, 2.45) is 0 Å². The molecule has 3 heteroatoms. The quantitative estimate of drug-likeness (QED) is 0.626. The number of oxazole rings is 1. The predicted molar refractivity (Wildman–Crippen MR) is 64.8 cm³/mol. The largest absolute Gasteiger partial charge is 0.435 e. The Hall–Kier alpha value is -2.42. The summed E-state index contributed by atoms with van der Waals surface area (Å²) in [6, 6.07) is 15.0. The van der Waals surface area contributed by atoms with Gasteiger partial charge in [0.2, 0.25) is 5.89 Å². The second kappa shape index (κ2) is 3.87. The molecule has 0 aliphatic carbocycles. The van der Waals surface area contributed by atoms with Gasteiger partial charge in [0, 0.05) is 5.56 Å². The molecule has 0 fully saturated rings. The maximum Gasteiger partial charge on any atom is 0.227 e. The number of fused-ring (bicyclic) bond motifs is 1. The van der Waals surface area contributed by atoms with Crippen LogP contribution in [0.2, 0.25) is 0 Å². The van der Waals surface area contributed by atoms with E-state index in [2.05, 4.69) is 4.98 Å². The number of aldehydes is 1. The summed E-state index contributed by atoms with van der Waals surface area (Å²) in [6.45, 7) is 0. The summed E-state index contributed by atoms with van der Waals surface area (Å²) in [5, 5.41) is 0. The molecule has 0 atom stereocenters. The highest BCUT2D eigenvalue weighted by Gasteiger charge is 2.10. The van der Waals surface area contributed by atoms with E-state index < -0.39 is 0 Å². The number of rotatable bonds is 2. The zero-order valence-electron chi connectivity index (χ0n) is 8.96. The lowest BCUT2D eigenvalue weighted by molar-refractivity contribution is 0.112.